The van der Waals surface area contributed by atoms with E-state index in [9.17, 15) is 13.2 Å². The second-order valence-corrected chi connectivity index (χ2v) is 3.92. The Morgan fingerprint density at radius 1 is 1.27 bits per heavy atom. The first-order valence-corrected chi connectivity index (χ1v) is 5.34. The van der Waals surface area contributed by atoms with Crippen molar-refractivity contribution in [2.45, 2.75) is 38.9 Å². The number of hydrogen-bond donors (Lipinski definition) is 1. The summed E-state index contributed by atoms with van der Waals surface area (Å²) in [4.78, 5) is 1.34. The summed E-state index contributed by atoms with van der Waals surface area (Å²) in [5, 5.41) is 3.18. The van der Waals surface area contributed by atoms with Gasteiger partial charge in [-0.25, -0.2) is 0 Å². The Morgan fingerprint density at radius 3 is 2.33 bits per heavy atom. The van der Waals surface area contributed by atoms with Gasteiger partial charge in [0.15, 0.2) is 0 Å². The van der Waals surface area contributed by atoms with Crippen LogP contribution in [0.4, 0.5) is 13.2 Å². The van der Waals surface area contributed by atoms with Crippen LogP contribution in [0.5, 0.6) is 0 Å². The Balaban J connectivity index is 3.65. The normalized spacial score (nSPS) is 14.6. The summed E-state index contributed by atoms with van der Waals surface area (Å²) in [6.07, 6.45) is -2.31. The van der Waals surface area contributed by atoms with Gasteiger partial charge in [-0.05, 0) is 39.9 Å². The highest BCUT2D eigenvalue weighted by Gasteiger charge is 2.30. The van der Waals surface area contributed by atoms with Crippen molar-refractivity contribution in [2.75, 3.05) is 26.7 Å². The van der Waals surface area contributed by atoms with Crippen LogP contribution in [-0.4, -0.2) is 43.8 Å². The molecule has 0 aliphatic rings. The molecule has 0 aromatic carbocycles. The number of hydrogen-bond acceptors (Lipinski definition) is 2. The van der Waals surface area contributed by atoms with Gasteiger partial charge in [0.05, 0.1) is 6.54 Å². The smallest absolute Gasteiger partial charge is 0.317 e. The van der Waals surface area contributed by atoms with Crippen LogP contribution in [0.1, 0.15) is 26.7 Å². The summed E-state index contributed by atoms with van der Waals surface area (Å²) in [6, 6.07) is -0.0454. The molecule has 1 atom stereocenters. The Labute approximate surface area is 89.8 Å². The summed E-state index contributed by atoms with van der Waals surface area (Å²) in [6.45, 7) is 4.75. The van der Waals surface area contributed by atoms with Crippen molar-refractivity contribution in [3.8, 4) is 0 Å². The van der Waals surface area contributed by atoms with E-state index in [-0.39, 0.29) is 6.04 Å². The molecule has 92 valence electrons. The molecule has 1 unspecified atom stereocenters. The Bertz CT molecular complexity index is 159. The van der Waals surface area contributed by atoms with Crippen LogP contribution < -0.4 is 5.32 Å². The van der Waals surface area contributed by atoms with Crippen molar-refractivity contribution in [1.29, 1.82) is 0 Å². The van der Waals surface area contributed by atoms with E-state index in [4.69, 9.17) is 0 Å². The minimum Gasteiger partial charge on any atom is -0.317 e. The van der Waals surface area contributed by atoms with Gasteiger partial charge in [0.1, 0.15) is 0 Å². The van der Waals surface area contributed by atoms with E-state index in [0.717, 1.165) is 25.9 Å². The summed E-state index contributed by atoms with van der Waals surface area (Å²) >= 11 is 0. The first-order chi connectivity index (χ1) is 6.87. The zero-order chi connectivity index (χ0) is 11.9. The van der Waals surface area contributed by atoms with Crippen LogP contribution >= 0.6 is 0 Å². The van der Waals surface area contributed by atoms with Crippen LogP contribution in [0, 0.1) is 0 Å². The second-order valence-electron chi connectivity index (χ2n) is 3.92. The zero-order valence-electron chi connectivity index (χ0n) is 9.69. The molecule has 0 radical (unpaired) electrons. The topological polar surface area (TPSA) is 15.3 Å². The van der Waals surface area contributed by atoms with Crippen LogP contribution in [0.15, 0.2) is 0 Å². The van der Waals surface area contributed by atoms with Crippen molar-refractivity contribution in [3.05, 3.63) is 0 Å². The Kier molecular flexibility index (Phi) is 6.92. The van der Waals surface area contributed by atoms with E-state index in [2.05, 4.69) is 12.2 Å². The number of nitrogens with one attached hydrogen (secondary N) is 1. The van der Waals surface area contributed by atoms with Crippen molar-refractivity contribution >= 4 is 0 Å². The SMILES string of the molecule is CCCNCCC(C)N(C)CC(F)(F)F. The summed E-state index contributed by atoms with van der Waals surface area (Å²) in [7, 11) is 1.51. The minimum atomic E-state index is -4.10. The van der Waals surface area contributed by atoms with Gasteiger partial charge < -0.3 is 5.32 Å². The molecular formula is C10H21F3N2. The number of halogens is 3. The Hall–Kier alpha value is -0.290. The molecule has 0 fully saturated rings. The van der Waals surface area contributed by atoms with Crippen LogP contribution in [0.2, 0.25) is 0 Å². The van der Waals surface area contributed by atoms with Crippen LogP contribution in [-0.2, 0) is 0 Å². The Morgan fingerprint density at radius 2 is 1.87 bits per heavy atom. The van der Waals surface area contributed by atoms with Gasteiger partial charge in [-0.15, -0.1) is 0 Å². The van der Waals surface area contributed by atoms with Crippen molar-refractivity contribution in [3.63, 3.8) is 0 Å². The maximum Gasteiger partial charge on any atom is 0.401 e. The average molecular weight is 226 g/mol. The van der Waals surface area contributed by atoms with Gasteiger partial charge in [0.25, 0.3) is 0 Å². The lowest BCUT2D eigenvalue weighted by Gasteiger charge is -2.25. The second kappa shape index (κ2) is 7.06. The highest BCUT2D eigenvalue weighted by molar-refractivity contribution is 4.67. The predicted molar refractivity (Wildman–Crippen MR) is 55.9 cm³/mol. The molecule has 0 aliphatic heterocycles. The van der Waals surface area contributed by atoms with E-state index in [1.54, 1.807) is 0 Å². The van der Waals surface area contributed by atoms with Crippen molar-refractivity contribution in [1.82, 2.24) is 10.2 Å². The molecule has 1 N–H and O–H groups in total. The molecule has 0 aromatic heterocycles. The predicted octanol–water partition coefficient (Wildman–Crippen LogP) is 2.26. The standard InChI is InChI=1S/C10H21F3N2/c1-4-6-14-7-5-9(2)15(3)8-10(11,12)13/h9,14H,4-8H2,1-3H3. The maximum absolute atomic E-state index is 12.1. The molecule has 0 aromatic rings. The van der Waals surface area contributed by atoms with E-state index in [1.807, 2.05) is 6.92 Å². The fraction of sp³-hybridized carbons (Fsp3) is 1.00. The molecular weight excluding hydrogens is 205 g/mol. The van der Waals surface area contributed by atoms with Gasteiger partial charge in [-0.2, -0.15) is 13.2 Å². The van der Waals surface area contributed by atoms with Crippen molar-refractivity contribution in [2.24, 2.45) is 0 Å². The van der Waals surface area contributed by atoms with Gasteiger partial charge >= 0.3 is 6.18 Å². The lowest BCUT2D eigenvalue weighted by molar-refractivity contribution is -0.147. The van der Waals surface area contributed by atoms with Crippen LogP contribution in [0.3, 0.4) is 0 Å². The molecule has 0 rings (SSSR count). The molecule has 5 heteroatoms. The van der Waals surface area contributed by atoms with Gasteiger partial charge in [0.2, 0.25) is 0 Å². The minimum absolute atomic E-state index is 0.0454. The lowest BCUT2D eigenvalue weighted by atomic mass is 10.2. The molecule has 0 amide bonds. The molecule has 0 heterocycles. The van der Waals surface area contributed by atoms with E-state index in [1.165, 1.54) is 11.9 Å². The molecule has 0 bridgehead atoms. The molecule has 2 nitrogen and oxygen atoms in total. The highest BCUT2D eigenvalue weighted by atomic mass is 19.4. The highest BCUT2D eigenvalue weighted by Crippen LogP contribution is 2.17. The zero-order valence-corrected chi connectivity index (χ0v) is 9.69. The fourth-order valence-electron chi connectivity index (χ4n) is 1.27. The number of rotatable bonds is 7. The third kappa shape index (κ3) is 8.69. The van der Waals surface area contributed by atoms with Gasteiger partial charge in [0, 0.05) is 6.04 Å². The maximum atomic E-state index is 12.1. The van der Waals surface area contributed by atoms with Crippen molar-refractivity contribution < 1.29 is 13.2 Å². The third-order valence-electron chi connectivity index (χ3n) is 2.35. The molecule has 15 heavy (non-hydrogen) atoms. The van der Waals surface area contributed by atoms with E-state index < -0.39 is 12.7 Å². The van der Waals surface area contributed by atoms with E-state index in [0.29, 0.717) is 0 Å². The summed E-state index contributed by atoms with van der Waals surface area (Å²) in [5.41, 5.74) is 0. The monoisotopic (exact) mass is 226 g/mol. The number of alkyl halides is 3. The van der Waals surface area contributed by atoms with Gasteiger partial charge in [-0.1, -0.05) is 6.92 Å². The van der Waals surface area contributed by atoms with Crippen LogP contribution in [0.25, 0.3) is 0 Å². The fourth-order valence-corrected chi connectivity index (χ4v) is 1.27. The molecule has 0 saturated heterocycles. The summed E-state index contributed by atoms with van der Waals surface area (Å²) < 4.78 is 36.2. The molecule has 0 aliphatic carbocycles. The third-order valence-corrected chi connectivity index (χ3v) is 2.35. The first kappa shape index (κ1) is 14.7. The van der Waals surface area contributed by atoms with E-state index >= 15 is 0 Å². The average Bonchev–Trinajstić information content (AvgIpc) is 2.09. The quantitative estimate of drug-likeness (QED) is 0.670. The first-order valence-electron chi connectivity index (χ1n) is 5.34. The summed E-state index contributed by atoms with van der Waals surface area (Å²) in [5.74, 6) is 0. The lowest BCUT2D eigenvalue weighted by Crippen LogP contribution is -2.38. The largest absolute Gasteiger partial charge is 0.401 e. The molecule has 0 saturated carbocycles. The van der Waals surface area contributed by atoms with Gasteiger partial charge in [-0.3, -0.25) is 4.90 Å². The number of nitrogens with zero attached hydrogens (tertiary/aromatic N) is 1. The molecule has 0 spiro atoms.